The minimum absolute atomic E-state index is 0.442. The molecule has 2 N–H and O–H groups in total. The third-order valence-corrected chi connectivity index (χ3v) is 4.31. The Balaban J connectivity index is 2.37. The molecule has 0 aromatic heterocycles. The predicted octanol–water partition coefficient (Wildman–Crippen LogP) is 5.08. The molecule has 5 heteroatoms. The van der Waals surface area contributed by atoms with Gasteiger partial charge in [0.05, 0.1) is 4.47 Å². The summed E-state index contributed by atoms with van der Waals surface area (Å²) in [5.74, 6) is 1.50. The molecular formula is C14H13BrClNOS. The monoisotopic (exact) mass is 357 g/mol. The first-order valence-electron chi connectivity index (χ1n) is 5.64. The second-order valence-corrected chi connectivity index (χ2v) is 5.96. The second kappa shape index (κ2) is 6.66. The van der Waals surface area contributed by atoms with Crippen LogP contribution in [0.3, 0.4) is 0 Å². The van der Waals surface area contributed by atoms with Gasteiger partial charge in [-0.25, -0.2) is 0 Å². The van der Waals surface area contributed by atoms with Crippen molar-refractivity contribution < 1.29 is 4.74 Å². The Labute approximate surface area is 130 Å². The molecule has 0 heterocycles. The van der Waals surface area contributed by atoms with E-state index in [1.807, 2.05) is 30.5 Å². The van der Waals surface area contributed by atoms with E-state index >= 15 is 0 Å². The molecule has 0 atom stereocenters. The molecule has 0 amide bonds. The quantitative estimate of drug-likeness (QED) is 0.774. The van der Waals surface area contributed by atoms with Crippen molar-refractivity contribution in [1.82, 2.24) is 0 Å². The van der Waals surface area contributed by atoms with E-state index in [-0.39, 0.29) is 0 Å². The Bertz CT molecular complexity index is 592. The predicted molar refractivity (Wildman–Crippen MR) is 85.3 cm³/mol. The molecule has 2 aromatic carbocycles. The highest BCUT2D eigenvalue weighted by molar-refractivity contribution is 9.10. The van der Waals surface area contributed by atoms with Crippen LogP contribution in [0, 0.1) is 0 Å². The number of thioether (sulfide) groups is 1. The van der Waals surface area contributed by atoms with Crippen LogP contribution in [0.4, 0.5) is 0 Å². The molecule has 0 saturated carbocycles. The lowest BCUT2D eigenvalue weighted by molar-refractivity contribution is 0.471. The number of rotatable bonds is 4. The van der Waals surface area contributed by atoms with Crippen LogP contribution in [0.25, 0.3) is 0 Å². The maximum Gasteiger partial charge on any atom is 0.141 e. The summed E-state index contributed by atoms with van der Waals surface area (Å²) in [5, 5.41) is 0.663. The Morgan fingerprint density at radius 3 is 2.68 bits per heavy atom. The van der Waals surface area contributed by atoms with Crippen LogP contribution in [-0.4, -0.2) is 6.26 Å². The minimum Gasteiger partial charge on any atom is -0.456 e. The molecule has 0 aliphatic rings. The molecule has 0 aliphatic heterocycles. The fraction of sp³-hybridized carbons (Fsp3) is 0.143. The van der Waals surface area contributed by atoms with Gasteiger partial charge in [0.1, 0.15) is 11.5 Å². The minimum atomic E-state index is 0.442. The van der Waals surface area contributed by atoms with Crippen molar-refractivity contribution in [3.8, 4) is 11.5 Å². The number of nitrogens with two attached hydrogens (primary N) is 1. The van der Waals surface area contributed by atoms with Crippen molar-refractivity contribution in [1.29, 1.82) is 0 Å². The molecule has 0 aliphatic carbocycles. The van der Waals surface area contributed by atoms with Crippen molar-refractivity contribution in [3.05, 3.63) is 51.5 Å². The molecule has 0 fully saturated rings. The van der Waals surface area contributed by atoms with Gasteiger partial charge in [-0.2, -0.15) is 0 Å². The van der Waals surface area contributed by atoms with E-state index in [2.05, 4.69) is 15.9 Å². The maximum absolute atomic E-state index is 5.93. The van der Waals surface area contributed by atoms with E-state index < -0.39 is 0 Å². The highest BCUT2D eigenvalue weighted by Gasteiger charge is 2.10. The summed E-state index contributed by atoms with van der Waals surface area (Å²) in [6.45, 7) is 0.442. The molecule has 2 aromatic rings. The molecule has 0 spiro atoms. The molecule has 0 saturated heterocycles. The van der Waals surface area contributed by atoms with Crippen LogP contribution in [0.5, 0.6) is 11.5 Å². The summed E-state index contributed by atoms with van der Waals surface area (Å²) in [6.07, 6.45) is 2.02. The van der Waals surface area contributed by atoms with Crippen LogP contribution in [0.2, 0.25) is 5.02 Å². The van der Waals surface area contributed by atoms with Gasteiger partial charge < -0.3 is 10.5 Å². The first-order valence-corrected chi connectivity index (χ1v) is 8.04. The number of hydrogen-bond acceptors (Lipinski definition) is 3. The summed E-state index contributed by atoms with van der Waals surface area (Å²) < 4.78 is 6.75. The van der Waals surface area contributed by atoms with Gasteiger partial charge in [-0.05, 0) is 52.5 Å². The number of hydrogen-bond donors (Lipinski definition) is 1. The molecule has 19 heavy (non-hydrogen) atoms. The van der Waals surface area contributed by atoms with Crippen LogP contribution in [0.15, 0.2) is 45.8 Å². The van der Waals surface area contributed by atoms with E-state index in [0.717, 1.165) is 26.4 Å². The van der Waals surface area contributed by atoms with E-state index in [1.165, 1.54) is 0 Å². The number of halogens is 2. The molecule has 0 unspecified atom stereocenters. The highest BCUT2D eigenvalue weighted by Crippen LogP contribution is 2.35. The number of ether oxygens (including phenoxy) is 1. The van der Waals surface area contributed by atoms with E-state index in [9.17, 15) is 0 Å². The fourth-order valence-corrected chi connectivity index (χ4v) is 3.12. The van der Waals surface area contributed by atoms with Gasteiger partial charge >= 0.3 is 0 Å². The largest absolute Gasteiger partial charge is 0.456 e. The Morgan fingerprint density at radius 1 is 1.26 bits per heavy atom. The van der Waals surface area contributed by atoms with Gasteiger partial charge in [0.25, 0.3) is 0 Å². The average Bonchev–Trinajstić information content (AvgIpc) is 2.41. The van der Waals surface area contributed by atoms with Gasteiger partial charge in [-0.15, -0.1) is 11.8 Å². The third-order valence-electron chi connectivity index (χ3n) is 2.63. The van der Waals surface area contributed by atoms with E-state index in [0.29, 0.717) is 11.6 Å². The SMILES string of the molecule is CSc1cccc(Oc2ccc(Cl)cc2Br)c1CN. The highest BCUT2D eigenvalue weighted by atomic mass is 79.9. The second-order valence-electron chi connectivity index (χ2n) is 3.82. The number of benzene rings is 2. The zero-order chi connectivity index (χ0) is 13.8. The van der Waals surface area contributed by atoms with E-state index in [1.54, 1.807) is 23.9 Å². The lowest BCUT2D eigenvalue weighted by atomic mass is 10.2. The van der Waals surface area contributed by atoms with Crippen molar-refractivity contribution in [2.45, 2.75) is 11.4 Å². The molecule has 2 rings (SSSR count). The molecule has 0 radical (unpaired) electrons. The normalized spacial score (nSPS) is 10.5. The molecular weight excluding hydrogens is 346 g/mol. The Hall–Kier alpha value is -0.680. The van der Waals surface area contributed by atoms with Gasteiger partial charge in [-0.3, -0.25) is 0 Å². The summed E-state index contributed by atoms with van der Waals surface area (Å²) in [6, 6.07) is 11.3. The first-order chi connectivity index (χ1) is 9.15. The van der Waals surface area contributed by atoms with Gasteiger partial charge in [-0.1, -0.05) is 17.7 Å². The van der Waals surface area contributed by atoms with Crippen molar-refractivity contribution in [3.63, 3.8) is 0 Å². The summed E-state index contributed by atoms with van der Waals surface area (Å²) in [4.78, 5) is 1.13. The lowest BCUT2D eigenvalue weighted by Gasteiger charge is -2.14. The van der Waals surface area contributed by atoms with Crippen LogP contribution in [-0.2, 0) is 6.54 Å². The van der Waals surface area contributed by atoms with Gasteiger partial charge in [0.2, 0.25) is 0 Å². The summed E-state index contributed by atoms with van der Waals surface area (Å²) >= 11 is 11.0. The van der Waals surface area contributed by atoms with Crippen molar-refractivity contribution in [2.75, 3.05) is 6.26 Å². The van der Waals surface area contributed by atoms with Crippen LogP contribution < -0.4 is 10.5 Å². The Kier molecular flexibility index (Phi) is 5.16. The smallest absolute Gasteiger partial charge is 0.141 e. The topological polar surface area (TPSA) is 35.2 Å². The molecule has 100 valence electrons. The molecule has 2 nitrogen and oxygen atoms in total. The van der Waals surface area contributed by atoms with Gasteiger partial charge in [0.15, 0.2) is 0 Å². The van der Waals surface area contributed by atoms with E-state index in [4.69, 9.17) is 22.1 Å². The maximum atomic E-state index is 5.93. The molecule has 0 bridgehead atoms. The first kappa shape index (κ1) is 14.7. The summed E-state index contributed by atoms with van der Waals surface area (Å²) in [7, 11) is 0. The standard InChI is InChI=1S/C14H13BrClNOS/c1-19-14-4-2-3-12(10(14)8-17)18-13-6-5-9(16)7-11(13)15/h2-7H,8,17H2,1H3. The third kappa shape index (κ3) is 3.45. The fourth-order valence-electron chi connectivity index (χ4n) is 1.71. The van der Waals surface area contributed by atoms with Crippen LogP contribution >= 0.6 is 39.3 Å². The summed E-state index contributed by atoms with van der Waals surface area (Å²) in [5.41, 5.74) is 6.83. The average molecular weight is 359 g/mol. The lowest BCUT2D eigenvalue weighted by Crippen LogP contribution is -2.01. The van der Waals surface area contributed by atoms with Crippen molar-refractivity contribution in [2.24, 2.45) is 5.73 Å². The van der Waals surface area contributed by atoms with Crippen molar-refractivity contribution >= 4 is 39.3 Å². The zero-order valence-electron chi connectivity index (χ0n) is 10.3. The zero-order valence-corrected chi connectivity index (χ0v) is 13.5. The Morgan fingerprint density at radius 2 is 2.05 bits per heavy atom. The van der Waals surface area contributed by atoms with Gasteiger partial charge in [0, 0.05) is 22.0 Å². The van der Waals surface area contributed by atoms with Crippen LogP contribution in [0.1, 0.15) is 5.56 Å².